The van der Waals surface area contributed by atoms with E-state index in [0.717, 1.165) is 19.3 Å². The van der Waals surface area contributed by atoms with Gasteiger partial charge in [-0.25, -0.2) is 0 Å². The van der Waals surface area contributed by atoms with Crippen molar-refractivity contribution < 1.29 is 4.57 Å². The molecular formula is C28H40N+. The summed E-state index contributed by atoms with van der Waals surface area (Å²) in [6.45, 7) is 21.9. The predicted octanol–water partition coefficient (Wildman–Crippen LogP) is 7.04. The van der Waals surface area contributed by atoms with Gasteiger partial charge < -0.3 is 0 Å². The van der Waals surface area contributed by atoms with Crippen molar-refractivity contribution in [2.75, 3.05) is 0 Å². The van der Waals surface area contributed by atoms with Crippen molar-refractivity contribution in [3.63, 3.8) is 0 Å². The molecule has 0 spiro atoms. The van der Waals surface area contributed by atoms with Gasteiger partial charge in [-0.15, -0.1) is 0 Å². The first-order valence-corrected chi connectivity index (χ1v) is 11.7. The molecule has 0 radical (unpaired) electrons. The van der Waals surface area contributed by atoms with E-state index in [9.17, 15) is 0 Å². The van der Waals surface area contributed by atoms with E-state index in [0.29, 0.717) is 5.92 Å². The van der Waals surface area contributed by atoms with Gasteiger partial charge in [0.2, 0.25) is 5.69 Å². The average Bonchev–Trinajstić information content (AvgIpc) is 2.85. The number of hydrogen-bond acceptors (Lipinski definition) is 0. The fraction of sp³-hybridized carbons (Fsp3) is 0.607. The van der Waals surface area contributed by atoms with Gasteiger partial charge in [0.15, 0.2) is 11.7 Å². The SMILES string of the molecule is CCC1(C)c2cc3c(cc2-c2cccc[n+]2C1(CC)CC)C(C)(C)C(C)C3(C)C. The molecule has 1 aromatic heterocycles. The fourth-order valence-electron chi connectivity index (χ4n) is 7.15. The molecule has 2 aromatic rings. The minimum Gasteiger partial charge on any atom is -0.192 e. The molecule has 1 heteroatoms. The van der Waals surface area contributed by atoms with Crippen LogP contribution in [0.2, 0.25) is 0 Å². The summed E-state index contributed by atoms with van der Waals surface area (Å²) in [6.07, 6.45) is 5.79. The summed E-state index contributed by atoms with van der Waals surface area (Å²) in [7, 11) is 0. The van der Waals surface area contributed by atoms with Crippen LogP contribution in [0.1, 0.15) is 98.3 Å². The molecule has 4 rings (SSSR count). The Bertz CT molecular complexity index is 960. The largest absolute Gasteiger partial charge is 0.213 e. The third-order valence-electron chi connectivity index (χ3n) is 9.81. The predicted molar refractivity (Wildman–Crippen MR) is 123 cm³/mol. The van der Waals surface area contributed by atoms with Crippen molar-refractivity contribution >= 4 is 0 Å². The van der Waals surface area contributed by atoms with E-state index in [2.05, 4.69) is 103 Å². The average molecular weight is 391 g/mol. The Balaban J connectivity index is 2.15. The zero-order valence-corrected chi connectivity index (χ0v) is 20.1. The molecule has 1 aliphatic heterocycles. The van der Waals surface area contributed by atoms with Gasteiger partial charge in [-0.05, 0) is 58.9 Å². The normalized spacial score (nSPS) is 27.8. The number of benzene rings is 1. The molecule has 1 nitrogen and oxygen atoms in total. The van der Waals surface area contributed by atoms with E-state index >= 15 is 0 Å². The van der Waals surface area contributed by atoms with Crippen molar-refractivity contribution in [3.8, 4) is 11.3 Å². The molecule has 1 aliphatic carbocycles. The van der Waals surface area contributed by atoms with Gasteiger partial charge in [0.1, 0.15) is 0 Å². The van der Waals surface area contributed by atoms with Gasteiger partial charge in [0.25, 0.3) is 0 Å². The smallest absolute Gasteiger partial charge is 0.192 e. The van der Waals surface area contributed by atoms with Crippen LogP contribution in [0.4, 0.5) is 0 Å². The van der Waals surface area contributed by atoms with Crippen LogP contribution in [0, 0.1) is 5.92 Å². The van der Waals surface area contributed by atoms with Gasteiger partial charge in [-0.1, -0.05) is 61.5 Å². The van der Waals surface area contributed by atoms with Crippen molar-refractivity contribution in [1.29, 1.82) is 0 Å². The molecule has 2 heterocycles. The highest BCUT2D eigenvalue weighted by molar-refractivity contribution is 5.70. The minimum absolute atomic E-state index is 0.115. The van der Waals surface area contributed by atoms with Crippen LogP contribution in [0.5, 0.6) is 0 Å². The second-order valence-electron chi connectivity index (χ2n) is 11.0. The Morgan fingerprint density at radius 2 is 1.38 bits per heavy atom. The number of fused-ring (bicyclic) bond motifs is 4. The Kier molecular flexibility index (Phi) is 4.40. The maximum atomic E-state index is 2.63. The zero-order chi connectivity index (χ0) is 21.4. The molecule has 0 saturated heterocycles. The molecule has 2 unspecified atom stereocenters. The zero-order valence-electron chi connectivity index (χ0n) is 20.1. The topological polar surface area (TPSA) is 3.88 Å². The van der Waals surface area contributed by atoms with Crippen LogP contribution in [0.15, 0.2) is 36.5 Å². The maximum Gasteiger partial charge on any atom is 0.213 e. The first-order valence-electron chi connectivity index (χ1n) is 11.7. The maximum absolute atomic E-state index is 2.63. The first-order chi connectivity index (χ1) is 13.5. The van der Waals surface area contributed by atoms with Crippen LogP contribution in [-0.4, -0.2) is 0 Å². The van der Waals surface area contributed by atoms with Gasteiger partial charge in [0.05, 0.1) is 11.0 Å². The Morgan fingerprint density at radius 1 is 0.793 bits per heavy atom. The van der Waals surface area contributed by atoms with E-state index in [1.807, 2.05) is 0 Å². The molecular weight excluding hydrogens is 350 g/mol. The highest BCUT2D eigenvalue weighted by Crippen LogP contribution is 2.58. The summed E-state index contributed by atoms with van der Waals surface area (Å²) in [4.78, 5) is 0. The van der Waals surface area contributed by atoms with Crippen LogP contribution in [0.3, 0.4) is 0 Å². The summed E-state index contributed by atoms with van der Waals surface area (Å²) in [5.74, 6) is 0.617. The lowest BCUT2D eigenvalue weighted by atomic mass is 9.58. The second-order valence-corrected chi connectivity index (χ2v) is 11.0. The molecule has 0 N–H and O–H groups in total. The number of hydrogen-bond donors (Lipinski definition) is 0. The quantitative estimate of drug-likeness (QED) is 0.495. The van der Waals surface area contributed by atoms with Crippen molar-refractivity contribution in [1.82, 2.24) is 0 Å². The highest BCUT2D eigenvalue weighted by atomic mass is 15.1. The summed E-state index contributed by atoms with van der Waals surface area (Å²) < 4.78 is 2.63. The molecule has 2 aliphatic rings. The molecule has 0 bridgehead atoms. The van der Waals surface area contributed by atoms with Crippen LogP contribution < -0.4 is 4.57 Å². The molecule has 156 valence electrons. The van der Waals surface area contributed by atoms with Gasteiger partial charge in [-0.3, -0.25) is 0 Å². The summed E-state index contributed by atoms with van der Waals surface area (Å²) in [5.41, 5.74) is 8.20. The minimum atomic E-state index is 0.115. The van der Waals surface area contributed by atoms with E-state index < -0.39 is 0 Å². The monoisotopic (exact) mass is 390 g/mol. The standard InChI is InChI=1S/C28H40N/c1-10-27(9)21-18-23-22(25(5,6)19(4)26(23,7)8)17-20(21)24-15-13-14-16-29(24)28(27,11-2)12-3/h13-19H,10-12H2,1-9H3/q+1. The van der Waals surface area contributed by atoms with Gasteiger partial charge >= 0.3 is 0 Å². The molecule has 29 heavy (non-hydrogen) atoms. The number of nitrogens with zero attached hydrogens (tertiary/aromatic N) is 1. The van der Waals surface area contributed by atoms with Crippen molar-refractivity contribution in [2.24, 2.45) is 5.92 Å². The highest BCUT2D eigenvalue weighted by Gasteiger charge is 2.59. The Labute approximate surface area is 178 Å². The lowest BCUT2D eigenvalue weighted by molar-refractivity contribution is -0.769. The van der Waals surface area contributed by atoms with E-state index in [1.165, 1.54) is 11.3 Å². The number of aromatic nitrogens is 1. The summed E-state index contributed by atoms with van der Waals surface area (Å²) in [6, 6.07) is 12.0. The molecule has 0 saturated carbocycles. The molecule has 0 fully saturated rings. The van der Waals surface area contributed by atoms with Crippen LogP contribution >= 0.6 is 0 Å². The molecule has 0 amide bonds. The first kappa shape index (κ1) is 20.6. The molecule has 1 aromatic carbocycles. The van der Waals surface area contributed by atoms with Crippen molar-refractivity contribution in [3.05, 3.63) is 53.2 Å². The second kappa shape index (κ2) is 6.19. The molecule has 2 atom stereocenters. The van der Waals surface area contributed by atoms with Gasteiger partial charge in [-0.2, -0.15) is 4.57 Å². The summed E-state index contributed by atoms with van der Waals surface area (Å²) >= 11 is 0. The lowest BCUT2D eigenvalue weighted by Crippen LogP contribution is -2.68. The number of pyridine rings is 1. The summed E-state index contributed by atoms with van der Waals surface area (Å²) in [5, 5.41) is 0. The fourth-order valence-corrected chi connectivity index (χ4v) is 7.15. The third-order valence-corrected chi connectivity index (χ3v) is 9.81. The van der Waals surface area contributed by atoms with Crippen LogP contribution in [-0.2, 0) is 21.8 Å². The van der Waals surface area contributed by atoms with E-state index in [1.54, 1.807) is 16.7 Å². The van der Waals surface area contributed by atoms with E-state index in [4.69, 9.17) is 0 Å². The van der Waals surface area contributed by atoms with Gasteiger partial charge in [0, 0.05) is 25.0 Å². The number of rotatable bonds is 3. The van der Waals surface area contributed by atoms with Crippen LogP contribution in [0.25, 0.3) is 11.3 Å². The van der Waals surface area contributed by atoms with E-state index in [-0.39, 0.29) is 21.8 Å². The lowest BCUT2D eigenvalue weighted by Gasteiger charge is -2.48. The van der Waals surface area contributed by atoms with Crippen molar-refractivity contribution in [2.45, 2.75) is 103 Å². The Hall–Kier alpha value is -1.63. The third kappa shape index (κ3) is 2.25. The Morgan fingerprint density at radius 3 is 1.93 bits per heavy atom.